The SMILES string of the molecule is Cc1c(N)cc2nc(-c3ccc(Cl)cc3)oc2c1C. The van der Waals surface area contributed by atoms with Crippen LogP contribution in [0.25, 0.3) is 22.6 Å². The third kappa shape index (κ3) is 1.96. The average molecular weight is 273 g/mol. The van der Waals surface area contributed by atoms with E-state index in [0.717, 1.165) is 33.5 Å². The topological polar surface area (TPSA) is 52.0 Å². The summed E-state index contributed by atoms with van der Waals surface area (Å²) in [7, 11) is 0. The first-order chi connectivity index (χ1) is 9.06. The van der Waals surface area contributed by atoms with E-state index >= 15 is 0 Å². The predicted molar refractivity (Wildman–Crippen MR) is 78.3 cm³/mol. The highest BCUT2D eigenvalue weighted by molar-refractivity contribution is 6.30. The van der Waals surface area contributed by atoms with Gasteiger partial charge < -0.3 is 10.2 Å². The van der Waals surface area contributed by atoms with Crippen molar-refractivity contribution >= 4 is 28.4 Å². The van der Waals surface area contributed by atoms with Gasteiger partial charge in [0.1, 0.15) is 5.52 Å². The van der Waals surface area contributed by atoms with Crippen LogP contribution in [0.1, 0.15) is 11.1 Å². The summed E-state index contributed by atoms with van der Waals surface area (Å²) in [6.45, 7) is 3.97. The Labute approximate surface area is 116 Å². The van der Waals surface area contributed by atoms with Crippen molar-refractivity contribution < 1.29 is 4.42 Å². The van der Waals surface area contributed by atoms with Gasteiger partial charge in [0.05, 0.1) is 0 Å². The number of hydrogen-bond donors (Lipinski definition) is 1. The van der Waals surface area contributed by atoms with E-state index in [1.807, 2.05) is 44.2 Å². The second-order valence-electron chi connectivity index (χ2n) is 4.59. The van der Waals surface area contributed by atoms with Gasteiger partial charge in [0.15, 0.2) is 5.58 Å². The molecule has 0 spiro atoms. The Kier molecular flexibility index (Phi) is 2.72. The molecule has 0 saturated carbocycles. The quantitative estimate of drug-likeness (QED) is 0.670. The molecular weight excluding hydrogens is 260 g/mol. The van der Waals surface area contributed by atoms with Crippen LogP contribution in [0, 0.1) is 13.8 Å². The third-order valence-electron chi connectivity index (χ3n) is 3.37. The van der Waals surface area contributed by atoms with Crippen LogP contribution in [-0.4, -0.2) is 4.98 Å². The number of rotatable bonds is 1. The number of nitrogens with zero attached hydrogens (tertiary/aromatic N) is 1. The number of anilines is 1. The molecular formula is C15H13ClN2O. The van der Waals surface area contributed by atoms with Crippen LogP contribution < -0.4 is 5.73 Å². The number of oxazole rings is 1. The van der Waals surface area contributed by atoms with Crippen LogP contribution in [0.3, 0.4) is 0 Å². The van der Waals surface area contributed by atoms with Crippen molar-refractivity contribution in [3.8, 4) is 11.5 Å². The third-order valence-corrected chi connectivity index (χ3v) is 3.62. The molecule has 1 heterocycles. The van der Waals surface area contributed by atoms with Crippen molar-refractivity contribution in [3.63, 3.8) is 0 Å². The lowest BCUT2D eigenvalue weighted by Gasteiger charge is -2.02. The Bertz CT molecular complexity index is 760. The lowest BCUT2D eigenvalue weighted by molar-refractivity contribution is 0.617. The van der Waals surface area contributed by atoms with Gasteiger partial charge in [-0.05, 0) is 55.3 Å². The molecule has 3 aromatic rings. The van der Waals surface area contributed by atoms with Crippen LogP contribution in [0.15, 0.2) is 34.7 Å². The Hall–Kier alpha value is -2.00. The fourth-order valence-corrected chi connectivity index (χ4v) is 2.18. The molecule has 0 fully saturated rings. The molecule has 0 radical (unpaired) electrons. The zero-order valence-electron chi connectivity index (χ0n) is 10.7. The lowest BCUT2D eigenvalue weighted by Crippen LogP contribution is -1.92. The molecule has 0 bridgehead atoms. The van der Waals surface area contributed by atoms with Gasteiger partial charge in [-0.1, -0.05) is 11.6 Å². The standard InChI is InChI=1S/C15H13ClN2O/c1-8-9(2)14-13(7-12(8)17)18-15(19-14)10-3-5-11(16)6-4-10/h3-7H,17H2,1-2H3. The molecule has 0 aliphatic carbocycles. The number of halogens is 1. The number of aromatic nitrogens is 1. The average Bonchev–Trinajstić information content (AvgIpc) is 2.81. The van der Waals surface area contributed by atoms with E-state index in [0.29, 0.717) is 10.9 Å². The van der Waals surface area contributed by atoms with Crippen LogP contribution in [0.4, 0.5) is 5.69 Å². The Morgan fingerprint density at radius 3 is 2.47 bits per heavy atom. The van der Waals surface area contributed by atoms with Gasteiger partial charge in [-0.2, -0.15) is 0 Å². The summed E-state index contributed by atoms with van der Waals surface area (Å²) in [6, 6.07) is 9.26. The molecule has 0 atom stereocenters. The molecule has 96 valence electrons. The van der Waals surface area contributed by atoms with Crippen LogP contribution >= 0.6 is 11.6 Å². The monoisotopic (exact) mass is 272 g/mol. The second-order valence-corrected chi connectivity index (χ2v) is 5.03. The molecule has 1 aromatic heterocycles. The van der Waals surface area contributed by atoms with Crippen molar-refractivity contribution in [1.82, 2.24) is 4.98 Å². The fourth-order valence-electron chi connectivity index (χ4n) is 2.06. The zero-order valence-corrected chi connectivity index (χ0v) is 11.5. The van der Waals surface area contributed by atoms with Crippen LogP contribution in [0.5, 0.6) is 0 Å². The van der Waals surface area contributed by atoms with Crippen LogP contribution in [0.2, 0.25) is 5.02 Å². The molecule has 3 nitrogen and oxygen atoms in total. The van der Waals surface area contributed by atoms with Crippen LogP contribution in [-0.2, 0) is 0 Å². The maximum Gasteiger partial charge on any atom is 0.227 e. The van der Waals surface area contributed by atoms with E-state index in [1.165, 1.54) is 0 Å². The van der Waals surface area contributed by atoms with Crippen molar-refractivity contribution in [2.45, 2.75) is 13.8 Å². The minimum atomic E-state index is 0.583. The van der Waals surface area contributed by atoms with E-state index < -0.39 is 0 Å². The highest BCUT2D eigenvalue weighted by Crippen LogP contribution is 2.31. The number of aryl methyl sites for hydroxylation is 1. The maximum atomic E-state index is 5.96. The molecule has 3 rings (SSSR count). The lowest BCUT2D eigenvalue weighted by atomic mass is 10.1. The van der Waals surface area contributed by atoms with Crippen molar-refractivity contribution in [1.29, 1.82) is 0 Å². The Morgan fingerprint density at radius 1 is 1.11 bits per heavy atom. The van der Waals surface area contributed by atoms with Gasteiger partial charge in [0.25, 0.3) is 0 Å². The smallest absolute Gasteiger partial charge is 0.227 e. The summed E-state index contributed by atoms with van der Waals surface area (Å²) >= 11 is 5.88. The van der Waals surface area contributed by atoms with E-state index in [2.05, 4.69) is 4.98 Å². The van der Waals surface area contributed by atoms with Gasteiger partial charge >= 0.3 is 0 Å². The van der Waals surface area contributed by atoms with Crippen molar-refractivity contribution in [3.05, 3.63) is 46.5 Å². The minimum absolute atomic E-state index is 0.583. The number of nitrogens with two attached hydrogens (primary N) is 1. The molecule has 0 saturated heterocycles. The number of benzene rings is 2. The Morgan fingerprint density at radius 2 is 1.79 bits per heavy atom. The Balaban J connectivity index is 2.22. The summed E-state index contributed by atoms with van der Waals surface area (Å²) in [5.41, 5.74) is 11.2. The minimum Gasteiger partial charge on any atom is -0.436 e. The molecule has 2 aromatic carbocycles. The highest BCUT2D eigenvalue weighted by atomic mass is 35.5. The van der Waals surface area contributed by atoms with Gasteiger partial charge in [0, 0.05) is 16.3 Å². The van der Waals surface area contributed by atoms with Crippen molar-refractivity contribution in [2.24, 2.45) is 0 Å². The molecule has 19 heavy (non-hydrogen) atoms. The molecule has 0 aliphatic heterocycles. The van der Waals surface area contributed by atoms with E-state index in [-0.39, 0.29) is 0 Å². The molecule has 0 amide bonds. The number of hydrogen-bond acceptors (Lipinski definition) is 3. The fraction of sp³-hybridized carbons (Fsp3) is 0.133. The van der Waals surface area contributed by atoms with Gasteiger partial charge in [0.2, 0.25) is 5.89 Å². The van der Waals surface area contributed by atoms with Gasteiger partial charge in [-0.25, -0.2) is 4.98 Å². The van der Waals surface area contributed by atoms with Gasteiger partial charge in [-0.3, -0.25) is 0 Å². The summed E-state index contributed by atoms with van der Waals surface area (Å²) < 4.78 is 5.85. The molecule has 0 unspecified atom stereocenters. The second kappa shape index (κ2) is 4.28. The highest BCUT2D eigenvalue weighted by Gasteiger charge is 2.13. The summed E-state index contributed by atoms with van der Waals surface area (Å²) in [4.78, 5) is 4.49. The molecule has 0 aliphatic rings. The first kappa shape index (κ1) is 12.1. The normalized spacial score (nSPS) is 11.1. The van der Waals surface area contributed by atoms with E-state index in [4.69, 9.17) is 21.8 Å². The van der Waals surface area contributed by atoms with Crippen molar-refractivity contribution in [2.75, 3.05) is 5.73 Å². The van der Waals surface area contributed by atoms with Gasteiger partial charge in [-0.15, -0.1) is 0 Å². The summed E-state index contributed by atoms with van der Waals surface area (Å²) in [5.74, 6) is 0.583. The van der Waals surface area contributed by atoms with E-state index in [1.54, 1.807) is 0 Å². The molecule has 2 N–H and O–H groups in total. The largest absolute Gasteiger partial charge is 0.436 e. The number of nitrogen functional groups attached to an aromatic ring is 1. The molecule has 4 heteroatoms. The summed E-state index contributed by atoms with van der Waals surface area (Å²) in [5, 5.41) is 0.691. The number of fused-ring (bicyclic) bond motifs is 1. The first-order valence-corrected chi connectivity index (χ1v) is 6.36. The maximum absolute atomic E-state index is 5.96. The first-order valence-electron chi connectivity index (χ1n) is 5.98. The zero-order chi connectivity index (χ0) is 13.6. The predicted octanol–water partition coefficient (Wildman–Crippen LogP) is 4.35. The van der Waals surface area contributed by atoms with E-state index in [9.17, 15) is 0 Å². The summed E-state index contributed by atoms with van der Waals surface area (Å²) in [6.07, 6.45) is 0.